The molecule has 1 fully saturated rings. The lowest BCUT2D eigenvalue weighted by atomic mass is 10.2. The molecule has 0 amide bonds. The summed E-state index contributed by atoms with van der Waals surface area (Å²) in [4.78, 5) is 1.07. The first-order valence-corrected chi connectivity index (χ1v) is 8.20. The predicted octanol–water partition coefficient (Wildman–Crippen LogP) is 4.48. The van der Waals surface area contributed by atoms with E-state index in [1.807, 2.05) is 18.2 Å². The van der Waals surface area contributed by atoms with Gasteiger partial charge in [0.25, 0.3) is 0 Å². The Balaban J connectivity index is 1.58. The van der Waals surface area contributed by atoms with Gasteiger partial charge in [-0.2, -0.15) is 0 Å². The van der Waals surface area contributed by atoms with Crippen molar-refractivity contribution < 1.29 is 9.13 Å². The fourth-order valence-electron chi connectivity index (χ4n) is 1.90. The summed E-state index contributed by atoms with van der Waals surface area (Å²) in [6, 6.07) is 9.74. The quantitative estimate of drug-likeness (QED) is 0.824. The Kier molecular flexibility index (Phi) is 4.38. The molecular weight excluding hydrogens is 341 g/mol. The lowest BCUT2D eigenvalue weighted by molar-refractivity contribution is 0.293. The van der Waals surface area contributed by atoms with Gasteiger partial charge in [0.1, 0.15) is 6.61 Å². The maximum atomic E-state index is 13.9. The van der Waals surface area contributed by atoms with E-state index in [9.17, 15) is 4.39 Å². The third-order valence-corrected chi connectivity index (χ3v) is 4.76. The highest BCUT2D eigenvalue weighted by Crippen LogP contribution is 2.25. The summed E-state index contributed by atoms with van der Waals surface area (Å²) in [6.45, 7) is 1.12. The third kappa shape index (κ3) is 3.81. The average molecular weight is 356 g/mol. The van der Waals surface area contributed by atoms with Crippen molar-refractivity contribution in [2.24, 2.45) is 0 Å². The maximum Gasteiger partial charge on any atom is 0.165 e. The number of ether oxygens (including phenoxy) is 1. The van der Waals surface area contributed by atoms with E-state index in [1.54, 1.807) is 23.5 Å². The molecule has 0 bridgehead atoms. The molecule has 1 aliphatic rings. The van der Waals surface area contributed by atoms with Gasteiger partial charge in [0.2, 0.25) is 0 Å². The Morgan fingerprint density at radius 2 is 2.15 bits per heavy atom. The molecule has 1 aromatic heterocycles. The number of hydrogen-bond acceptors (Lipinski definition) is 3. The van der Waals surface area contributed by atoms with Crippen LogP contribution in [0.1, 0.15) is 23.3 Å². The first-order valence-electron chi connectivity index (χ1n) is 6.59. The van der Waals surface area contributed by atoms with Crippen LogP contribution in [-0.2, 0) is 13.2 Å². The fraction of sp³-hybridized carbons (Fsp3) is 0.333. The molecule has 2 aromatic rings. The molecule has 106 valence electrons. The smallest absolute Gasteiger partial charge is 0.165 e. The van der Waals surface area contributed by atoms with Gasteiger partial charge < -0.3 is 10.1 Å². The summed E-state index contributed by atoms with van der Waals surface area (Å²) in [7, 11) is 0. The largest absolute Gasteiger partial charge is 0.485 e. The van der Waals surface area contributed by atoms with Crippen LogP contribution in [0.25, 0.3) is 0 Å². The summed E-state index contributed by atoms with van der Waals surface area (Å²) in [5, 5.41) is 3.37. The third-order valence-electron chi connectivity index (χ3n) is 3.17. The van der Waals surface area contributed by atoms with Crippen molar-refractivity contribution in [2.45, 2.75) is 32.0 Å². The second-order valence-electron chi connectivity index (χ2n) is 4.91. The molecule has 1 heterocycles. The summed E-state index contributed by atoms with van der Waals surface area (Å²) in [6.07, 6.45) is 2.47. The standard InChI is InChI=1S/C15H15BrFNOS/c16-15-6-4-12(20-15)9-19-14-5-1-10(7-13(14)17)8-18-11-2-3-11/h1,4-7,11,18H,2-3,8-9H2. The van der Waals surface area contributed by atoms with E-state index < -0.39 is 0 Å². The molecule has 0 atom stereocenters. The number of hydrogen-bond donors (Lipinski definition) is 1. The zero-order valence-electron chi connectivity index (χ0n) is 10.9. The van der Waals surface area contributed by atoms with E-state index in [2.05, 4.69) is 21.2 Å². The van der Waals surface area contributed by atoms with Crippen molar-refractivity contribution >= 4 is 27.3 Å². The van der Waals surface area contributed by atoms with Crippen LogP contribution < -0.4 is 10.1 Å². The second kappa shape index (κ2) is 6.24. The van der Waals surface area contributed by atoms with Crippen LogP contribution in [0, 0.1) is 5.82 Å². The highest BCUT2D eigenvalue weighted by atomic mass is 79.9. The predicted molar refractivity (Wildman–Crippen MR) is 82.6 cm³/mol. The van der Waals surface area contributed by atoms with Crippen LogP contribution in [0.2, 0.25) is 0 Å². The lowest BCUT2D eigenvalue weighted by Crippen LogP contribution is -2.15. The van der Waals surface area contributed by atoms with E-state index in [4.69, 9.17) is 4.74 Å². The first-order chi connectivity index (χ1) is 9.70. The molecule has 1 saturated carbocycles. The normalized spacial score (nSPS) is 14.5. The van der Waals surface area contributed by atoms with Gasteiger partial charge in [0.15, 0.2) is 11.6 Å². The number of nitrogens with one attached hydrogen (secondary N) is 1. The van der Waals surface area contributed by atoms with Crippen LogP contribution in [0.15, 0.2) is 34.1 Å². The molecule has 3 rings (SSSR count). The van der Waals surface area contributed by atoms with Crippen LogP contribution in [0.5, 0.6) is 5.75 Å². The average Bonchev–Trinajstić information content (AvgIpc) is 3.17. The van der Waals surface area contributed by atoms with Crippen molar-refractivity contribution in [1.29, 1.82) is 0 Å². The molecule has 2 nitrogen and oxygen atoms in total. The van der Waals surface area contributed by atoms with Crippen LogP contribution in [0.3, 0.4) is 0 Å². The van der Waals surface area contributed by atoms with Gasteiger partial charge >= 0.3 is 0 Å². The minimum atomic E-state index is -0.296. The molecule has 5 heteroatoms. The first kappa shape index (κ1) is 14.0. The van der Waals surface area contributed by atoms with Gasteiger partial charge in [0.05, 0.1) is 3.79 Å². The number of benzene rings is 1. The Morgan fingerprint density at radius 3 is 2.80 bits per heavy atom. The highest BCUT2D eigenvalue weighted by molar-refractivity contribution is 9.11. The van der Waals surface area contributed by atoms with E-state index in [0.29, 0.717) is 18.4 Å². The molecule has 1 N–H and O–H groups in total. The van der Waals surface area contributed by atoms with Crippen molar-refractivity contribution in [1.82, 2.24) is 5.32 Å². The molecule has 1 aromatic carbocycles. The Morgan fingerprint density at radius 1 is 1.30 bits per heavy atom. The van der Waals surface area contributed by atoms with Crippen molar-refractivity contribution in [3.05, 3.63) is 50.4 Å². The molecule has 20 heavy (non-hydrogen) atoms. The van der Waals surface area contributed by atoms with Gasteiger partial charge in [-0.05, 0) is 58.6 Å². The Bertz CT molecular complexity index is 597. The van der Waals surface area contributed by atoms with Gasteiger partial charge in [-0.1, -0.05) is 6.07 Å². The number of thiophene rings is 1. The lowest BCUT2D eigenvalue weighted by Gasteiger charge is -2.08. The van der Waals surface area contributed by atoms with Gasteiger partial charge in [0, 0.05) is 17.5 Å². The fourth-order valence-corrected chi connectivity index (χ4v) is 3.30. The number of halogens is 2. The summed E-state index contributed by atoms with van der Waals surface area (Å²) < 4.78 is 20.5. The zero-order valence-corrected chi connectivity index (χ0v) is 13.3. The molecule has 0 saturated heterocycles. The highest BCUT2D eigenvalue weighted by Gasteiger charge is 2.20. The summed E-state index contributed by atoms with van der Waals surface area (Å²) >= 11 is 4.99. The maximum absolute atomic E-state index is 13.9. The van der Waals surface area contributed by atoms with Crippen LogP contribution in [0.4, 0.5) is 4.39 Å². The van der Waals surface area contributed by atoms with Crippen LogP contribution >= 0.6 is 27.3 Å². The summed E-state index contributed by atoms with van der Waals surface area (Å²) in [5.74, 6) is 0.0143. The van der Waals surface area contributed by atoms with Crippen molar-refractivity contribution in [2.75, 3.05) is 0 Å². The summed E-state index contributed by atoms with van der Waals surface area (Å²) in [5.41, 5.74) is 0.959. The topological polar surface area (TPSA) is 21.3 Å². The second-order valence-corrected chi connectivity index (χ2v) is 7.46. The molecule has 0 aliphatic heterocycles. The SMILES string of the molecule is Fc1cc(CNC2CC2)ccc1OCc1ccc(Br)s1. The van der Waals surface area contributed by atoms with E-state index in [1.165, 1.54) is 12.8 Å². The van der Waals surface area contributed by atoms with E-state index in [-0.39, 0.29) is 5.82 Å². The van der Waals surface area contributed by atoms with Crippen molar-refractivity contribution in [3.63, 3.8) is 0 Å². The van der Waals surface area contributed by atoms with E-state index >= 15 is 0 Å². The minimum absolute atomic E-state index is 0.296. The molecule has 0 unspecified atom stereocenters. The van der Waals surface area contributed by atoms with Gasteiger partial charge in [-0.25, -0.2) is 4.39 Å². The van der Waals surface area contributed by atoms with E-state index in [0.717, 1.165) is 20.8 Å². The molecule has 0 radical (unpaired) electrons. The molecule has 1 aliphatic carbocycles. The van der Waals surface area contributed by atoms with Crippen LogP contribution in [-0.4, -0.2) is 6.04 Å². The van der Waals surface area contributed by atoms with Gasteiger partial charge in [-0.15, -0.1) is 11.3 Å². The minimum Gasteiger partial charge on any atom is -0.485 e. The monoisotopic (exact) mass is 355 g/mol. The van der Waals surface area contributed by atoms with Crippen molar-refractivity contribution in [3.8, 4) is 5.75 Å². The zero-order chi connectivity index (χ0) is 13.9. The molecule has 0 spiro atoms. The molecular formula is C15H15BrFNOS. The number of rotatable bonds is 6. The Labute approximate surface area is 130 Å². The Hall–Kier alpha value is -0.910. The van der Waals surface area contributed by atoms with Gasteiger partial charge in [-0.3, -0.25) is 0 Å².